The fraction of sp³-hybridized carbons (Fsp3) is 0.185. The van der Waals surface area contributed by atoms with Gasteiger partial charge in [0.05, 0.1) is 25.7 Å². The van der Waals surface area contributed by atoms with E-state index in [0.29, 0.717) is 38.5 Å². The minimum absolute atomic E-state index is 0.109. The first-order valence-corrected chi connectivity index (χ1v) is 12.2. The lowest BCUT2D eigenvalue weighted by Crippen LogP contribution is -2.32. The van der Waals surface area contributed by atoms with Crippen molar-refractivity contribution >= 4 is 40.6 Å². The summed E-state index contributed by atoms with van der Waals surface area (Å²) in [6.07, 6.45) is 1.64. The zero-order valence-electron chi connectivity index (χ0n) is 19.7. The molecule has 186 valence electrons. The Morgan fingerprint density at radius 3 is 2.28 bits per heavy atom. The van der Waals surface area contributed by atoms with Crippen LogP contribution in [0.3, 0.4) is 0 Å². The maximum absolute atomic E-state index is 13.0. The molecule has 7 nitrogen and oxygen atoms in total. The molecule has 36 heavy (non-hydrogen) atoms. The fourth-order valence-corrected chi connectivity index (χ4v) is 4.50. The predicted octanol–water partition coefficient (Wildman–Crippen LogP) is 6.05. The van der Waals surface area contributed by atoms with Gasteiger partial charge in [-0.25, -0.2) is 0 Å². The van der Waals surface area contributed by atoms with E-state index in [9.17, 15) is 9.59 Å². The van der Waals surface area contributed by atoms with Gasteiger partial charge in [-0.15, -0.1) is 0 Å². The Bertz CT molecular complexity index is 1280. The van der Waals surface area contributed by atoms with Gasteiger partial charge in [-0.05, 0) is 53.7 Å². The van der Waals surface area contributed by atoms with Crippen molar-refractivity contribution in [1.29, 1.82) is 0 Å². The molecule has 4 rings (SSSR count). The molecule has 1 aliphatic rings. The van der Waals surface area contributed by atoms with Crippen molar-refractivity contribution in [3.8, 4) is 23.0 Å². The Morgan fingerprint density at radius 1 is 0.861 bits per heavy atom. The highest BCUT2D eigenvalue weighted by molar-refractivity contribution is 8.18. The normalized spacial score (nSPS) is 14.3. The molecule has 1 aliphatic heterocycles. The zero-order chi connectivity index (χ0) is 25.5. The first kappa shape index (κ1) is 25.5. The van der Waals surface area contributed by atoms with E-state index in [1.807, 2.05) is 24.3 Å². The zero-order valence-corrected chi connectivity index (χ0v) is 21.3. The molecule has 0 atom stereocenters. The average molecular weight is 526 g/mol. The summed E-state index contributed by atoms with van der Waals surface area (Å²) >= 11 is 6.84. The lowest BCUT2D eigenvalue weighted by atomic mass is 10.1. The van der Waals surface area contributed by atoms with Crippen molar-refractivity contribution < 1.29 is 28.5 Å². The third-order valence-electron chi connectivity index (χ3n) is 5.33. The van der Waals surface area contributed by atoms with Crippen molar-refractivity contribution in [2.75, 3.05) is 27.4 Å². The molecule has 0 aromatic heterocycles. The number of thioether (sulfide) groups is 1. The van der Waals surface area contributed by atoms with Crippen LogP contribution in [0.2, 0.25) is 5.02 Å². The highest BCUT2D eigenvalue weighted by atomic mass is 35.5. The van der Waals surface area contributed by atoms with Gasteiger partial charge in [-0.1, -0.05) is 48.0 Å². The molecule has 0 N–H and O–H groups in total. The largest absolute Gasteiger partial charge is 0.493 e. The Kier molecular flexibility index (Phi) is 8.40. The van der Waals surface area contributed by atoms with Crippen molar-refractivity contribution in [3.05, 3.63) is 87.8 Å². The van der Waals surface area contributed by atoms with Crippen LogP contribution >= 0.6 is 23.4 Å². The van der Waals surface area contributed by atoms with Crippen molar-refractivity contribution in [1.82, 2.24) is 4.90 Å². The van der Waals surface area contributed by atoms with E-state index in [4.69, 9.17) is 30.5 Å². The number of hydrogen-bond acceptors (Lipinski definition) is 7. The van der Waals surface area contributed by atoms with Crippen LogP contribution in [0.4, 0.5) is 4.79 Å². The van der Waals surface area contributed by atoms with Gasteiger partial charge >= 0.3 is 0 Å². The van der Waals surface area contributed by atoms with E-state index >= 15 is 0 Å². The van der Waals surface area contributed by atoms with Crippen molar-refractivity contribution in [3.63, 3.8) is 0 Å². The highest BCUT2D eigenvalue weighted by Gasteiger charge is 2.35. The monoisotopic (exact) mass is 525 g/mol. The van der Waals surface area contributed by atoms with Gasteiger partial charge in [0.25, 0.3) is 11.1 Å². The minimum Gasteiger partial charge on any atom is -0.493 e. The number of ether oxygens (including phenoxy) is 4. The van der Waals surface area contributed by atoms with E-state index in [1.165, 1.54) is 4.90 Å². The lowest BCUT2D eigenvalue weighted by Gasteiger charge is -2.15. The SMILES string of the molecule is COc1ccccc1OCCN1C(=O)S/C(=C\c2cccc(OC)c2OCc2ccc(Cl)cc2)C1=O. The summed E-state index contributed by atoms with van der Waals surface area (Å²) < 4.78 is 22.5. The second-order valence-electron chi connectivity index (χ2n) is 7.63. The number of para-hydroxylation sites is 3. The van der Waals surface area contributed by atoms with Gasteiger partial charge in [-0.3, -0.25) is 14.5 Å². The molecule has 0 radical (unpaired) electrons. The minimum atomic E-state index is -0.389. The summed E-state index contributed by atoms with van der Waals surface area (Å²) in [5.41, 5.74) is 1.55. The second-order valence-corrected chi connectivity index (χ2v) is 9.06. The molecule has 9 heteroatoms. The number of rotatable bonds is 10. The number of halogens is 1. The summed E-state index contributed by atoms with van der Waals surface area (Å²) in [6.45, 7) is 0.526. The first-order valence-electron chi connectivity index (χ1n) is 11.1. The van der Waals surface area contributed by atoms with Crippen LogP contribution in [0.5, 0.6) is 23.0 Å². The van der Waals surface area contributed by atoms with Crippen LogP contribution in [0.15, 0.2) is 71.6 Å². The first-order chi connectivity index (χ1) is 17.5. The predicted molar refractivity (Wildman–Crippen MR) is 140 cm³/mol. The topological polar surface area (TPSA) is 74.3 Å². The van der Waals surface area contributed by atoms with Crippen LogP contribution < -0.4 is 18.9 Å². The van der Waals surface area contributed by atoms with Crippen molar-refractivity contribution in [2.24, 2.45) is 0 Å². The Morgan fingerprint density at radius 2 is 1.56 bits per heavy atom. The number of imide groups is 1. The molecule has 1 fully saturated rings. The van der Waals surface area contributed by atoms with E-state index in [0.717, 1.165) is 17.3 Å². The van der Waals surface area contributed by atoms with Gasteiger partial charge < -0.3 is 18.9 Å². The highest BCUT2D eigenvalue weighted by Crippen LogP contribution is 2.38. The van der Waals surface area contributed by atoms with E-state index in [2.05, 4.69) is 0 Å². The molecule has 3 aromatic carbocycles. The number of amides is 2. The van der Waals surface area contributed by atoms with Crippen molar-refractivity contribution in [2.45, 2.75) is 6.61 Å². The fourth-order valence-electron chi connectivity index (χ4n) is 3.52. The molecule has 0 unspecified atom stereocenters. The van der Waals surface area contributed by atoms with Gasteiger partial charge in [0.15, 0.2) is 23.0 Å². The summed E-state index contributed by atoms with van der Waals surface area (Å²) in [5.74, 6) is 1.72. The smallest absolute Gasteiger partial charge is 0.293 e. The molecule has 3 aromatic rings. The molecular formula is C27H24ClNO6S. The number of benzene rings is 3. The average Bonchev–Trinajstić information content (AvgIpc) is 3.16. The second kappa shape index (κ2) is 11.9. The summed E-state index contributed by atoms with van der Waals surface area (Å²) in [5, 5.41) is 0.280. The lowest BCUT2D eigenvalue weighted by molar-refractivity contribution is -0.123. The molecule has 0 saturated carbocycles. The van der Waals surface area contributed by atoms with Crippen LogP contribution in [-0.2, 0) is 11.4 Å². The Labute approximate surface area is 218 Å². The third kappa shape index (κ3) is 5.95. The molecule has 2 amide bonds. The number of nitrogens with zero attached hydrogens (tertiary/aromatic N) is 1. The Hall–Kier alpha value is -3.62. The van der Waals surface area contributed by atoms with E-state index in [1.54, 1.807) is 62.8 Å². The molecule has 0 bridgehead atoms. The van der Waals surface area contributed by atoms with Gasteiger partial charge in [-0.2, -0.15) is 0 Å². The maximum Gasteiger partial charge on any atom is 0.293 e. The summed E-state index contributed by atoms with van der Waals surface area (Å²) in [4.78, 5) is 27.1. The molecule has 1 saturated heterocycles. The molecule has 1 heterocycles. The standard InChI is InChI=1S/C27H24ClNO6S/c1-32-21-7-3-4-8-22(21)34-15-14-29-26(30)24(36-27(29)31)16-19-6-5-9-23(33-2)25(19)35-17-18-10-12-20(28)13-11-18/h3-13,16H,14-15,17H2,1-2H3/b24-16-. The quantitative estimate of drug-likeness (QED) is 0.298. The summed E-state index contributed by atoms with van der Waals surface area (Å²) in [7, 11) is 3.10. The summed E-state index contributed by atoms with van der Waals surface area (Å²) in [6, 6.07) is 19.9. The van der Waals surface area contributed by atoms with E-state index in [-0.39, 0.29) is 30.9 Å². The number of hydrogen-bond donors (Lipinski definition) is 0. The number of methoxy groups -OCH3 is 2. The maximum atomic E-state index is 13.0. The van der Waals surface area contributed by atoms with E-state index < -0.39 is 0 Å². The molecular weight excluding hydrogens is 502 g/mol. The van der Waals surface area contributed by atoms with Crippen LogP contribution in [-0.4, -0.2) is 43.4 Å². The molecule has 0 aliphatic carbocycles. The number of carbonyl (C=O) groups excluding carboxylic acids is 2. The molecule has 0 spiro atoms. The van der Waals surface area contributed by atoms with Gasteiger partial charge in [0.2, 0.25) is 0 Å². The van der Waals surface area contributed by atoms with Gasteiger partial charge in [0.1, 0.15) is 13.2 Å². The van der Waals surface area contributed by atoms with Gasteiger partial charge in [0, 0.05) is 10.6 Å². The number of carbonyl (C=O) groups is 2. The van der Waals surface area contributed by atoms with Crippen LogP contribution in [0.1, 0.15) is 11.1 Å². The Balaban J connectivity index is 1.47. The van der Waals surface area contributed by atoms with Crippen LogP contribution in [0.25, 0.3) is 6.08 Å². The third-order valence-corrected chi connectivity index (χ3v) is 6.49. The van der Waals surface area contributed by atoms with Crippen LogP contribution in [0, 0.1) is 0 Å².